The molecule has 3 nitrogen and oxygen atoms in total. The van der Waals surface area contributed by atoms with Crippen LogP contribution in [0.5, 0.6) is 5.75 Å². The van der Waals surface area contributed by atoms with Crippen LogP contribution in [-0.4, -0.2) is 12.5 Å². The maximum atomic E-state index is 11.8. The van der Waals surface area contributed by atoms with Crippen LogP contribution < -0.4 is 10.1 Å². The molecule has 0 unspecified atom stereocenters. The van der Waals surface area contributed by atoms with Crippen molar-refractivity contribution in [2.45, 2.75) is 26.8 Å². The zero-order valence-corrected chi connectivity index (χ0v) is 12.6. The molecule has 0 spiro atoms. The topological polar surface area (TPSA) is 38.3 Å². The summed E-state index contributed by atoms with van der Waals surface area (Å²) in [6, 6.07) is 16.0. The van der Waals surface area contributed by atoms with Gasteiger partial charge in [-0.05, 0) is 31.0 Å². The van der Waals surface area contributed by atoms with Gasteiger partial charge < -0.3 is 10.1 Å². The second-order valence-electron chi connectivity index (χ2n) is 5.13. The Morgan fingerprint density at radius 3 is 2.48 bits per heavy atom. The summed E-state index contributed by atoms with van der Waals surface area (Å²) >= 11 is 0. The van der Waals surface area contributed by atoms with Crippen molar-refractivity contribution in [1.82, 2.24) is 5.32 Å². The monoisotopic (exact) mass is 283 g/mol. The fourth-order valence-electron chi connectivity index (χ4n) is 1.97. The Kier molecular flexibility index (Phi) is 5.38. The highest BCUT2D eigenvalue weighted by atomic mass is 16.5. The van der Waals surface area contributed by atoms with Crippen LogP contribution in [0.15, 0.2) is 48.5 Å². The van der Waals surface area contributed by atoms with Crippen molar-refractivity contribution >= 4 is 5.91 Å². The molecule has 2 aromatic carbocycles. The summed E-state index contributed by atoms with van der Waals surface area (Å²) in [6.07, 6.45) is 0.361. The van der Waals surface area contributed by atoms with Gasteiger partial charge in [-0.2, -0.15) is 0 Å². The van der Waals surface area contributed by atoms with E-state index in [-0.39, 0.29) is 5.91 Å². The summed E-state index contributed by atoms with van der Waals surface area (Å²) in [7, 11) is 0. The second-order valence-corrected chi connectivity index (χ2v) is 5.13. The van der Waals surface area contributed by atoms with Crippen LogP contribution in [0.2, 0.25) is 0 Å². The predicted octanol–water partition coefficient (Wildman–Crippen LogP) is 3.39. The lowest BCUT2D eigenvalue weighted by atomic mass is 10.1. The summed E-state index contributed by atoms with van der Waals surface area (Å²) in [6.45, 7) is 4.99. The van der Waals surface area contributed by atoms with Crippen LogP contribution in [-0.2, 0) is 11.3 Å². The summed E-state index contributed by atoms with van der Waals surface area (Å²) in [5, 5.41) is 2.90. The normalized spacial score (nSPS) is 10.2. The van der Waals surface area contributed by atoms with Gasteiger partial charge in [-0.25, -0.2) is 0 Å². The van der Waals surface area contributed by atoms with Gasteiger partial charge in [0.1, 0.15) is 5.75 Å². The van der Waals surface area contributed by atoms with E-state index in [9.17, 15) is 4.79 Å². The van der Waals surface area contributed by atoms with E-state index in [4.69, 9.17) is 4.74 Å². The van der Waals surface area contributed by atoms with E-state index in [2.05, 4.69) is 5.32 Å². The van der Waals surface area contributed by atoms with Crippen LogP contribution in [0.4, 0.5) is 0 Å². The zero-order chi connectivity index (χ0) is 15.1. The average molecular weight is 283 g/mol. The van der Waals surface area contributed by atoms with Crippen molar-refractivity contribution in [3.05, 3.63) is 65.2 Å². The van der Waals surface area contributed by atoms with E-state index in [0.717, 1.165) is 16.9 Å². The SMILES string of the molecule is Cc1ccc(CNC(=O)CCOc2ccccc2C)cc1. The van der Waals surface area contributed by atoms with E-state index in [1.54, 1.807) is 0 Å². The second kappa shape index (κ2) is 7.48. The van der Waals surface area contributed by atoms with Crippen molar-refractivity contribution in [2.75, 3.05) is 6.61 Å². The van der Waals surface area contributed by atoms with Gasteiger partial charge in [0.15, 0.2) is 0 Å². The molecule has 0 aliphatic rings. The molecule has 0 fully saturated rings. The Bertz CT molecular complexity index is 590. The van der Waals surface area contributed by atoms with Gasteiger partial charge in [0, 0.05) is 6.54 Å². The number of carbonyl (C=O) groups excluding carboxylic acids is 1. The first kappa shape index (κ1) is 15.1. The fourth-order valence-corrected chi connectivity index (χ4v) is 1.97. The molecular weight excluding hydrogens is 262 g/mol. The van der Waals surface area contributed by atoms with Crippen LogP contribution in [0.25, 0.3) is 0 Å². The highest BCUT2D eigenvalue weighted by Gasteiger charge is 2.03. The minimum atomic E-state index is 0.00385. The quantitative estimate of drug-likeness (QED) is 0.882. The Morgan fingerprint density at radius 1 is 1.05 bits per heavy atom. The molecular formula is C18H21NO2. The largest absolute Gasteiger partial charge is 0.493 e. The maximum absolute atomic E-state index is 11.8. The molecule has 1 N–H and O–H groups in total. The molecule has 0 atom stereocenters. The highest BCUT2D eigenvalue weighted by Crippen LogP contribution is 2.16. The van der Waals surface area contributed by atoms with Crippen molar-refractivity contribution in [3.8, 4) is 5.75 Å². The van der Waals surface area contributed by atoms with Crippen molar-refractivity contribution < 1.29 is 9.53 Å². The third-order valence-corrected chi connectivity index (χ3v) is 3.29. The Morgan fingerprint density at radius 2 is 1.76 bits per heavy atom. The molecule has 2 rings (SSSR count). The number of amides is 1. The van der Waals surface area contributed by atoms with Gasteiger partial charge >= 0.3 is 0 Å². The molecule has 0 aliphatic carbocycles. The number of hydrogen-bond donors (Lipinski definition) is 1. The van der Waals surface area contributed by atoms with Crippen molar-refractivity contribution in [3.63, 3.8) is 0 Å². The molecule has 21 heavy (non-hydrogen) atoms. The standard InChI is InChI=1S/C18H21NO2/c1-14-7-9-16(10-8-14)13-19-18(20)11-12-21-17-6-4-3-5-15(17)2/h3-10H,11-13H2,1-2H3,(H,19,20). The van der Waals surface area contributed by atoms with Crippen LogP contribution in [0.3, 0.4) is 0 Å². The number of carbonyl (C=O) groups is 1. The number of ether oxygens (including phenoxy) is 1. The van der Waals surface area contributed by atoms with Gasteiger partial charge in [0.2, 0.25) is 5.91 Å². The van der Waals surface area contributed by atoms with Crippen LogP contribution in [0.1, 0.15) is 23.1 Å². The van der Waals surface area contributed by atoms with Gasteiger partial charge in [-0.15, -0.1) is 0 Å². The number of hydrogen-bond acceptors (Lipinski definition) is 2. The molecule has 0 saturated heterocycles. The van der Waals surface area contributed by atoms with Crippen LogP contribution >= 0.6 is 0 Å². The third kappa shape index (κ3) is 4.95. The van der Waals surface area contributed by atoms with E-state index >= 15 is 0 Å². The van der Waals surface area contributed by atoms with E-state index in [1.807, 2.05) is 62.4 Å². The smallest absolute Gasteiger partial charge is 0.223 e. The number of nitrogens with one attached hydrogen (secondary N) is 1. The van der Waals surface area contributed by atoms with E-state index in [1.165, 1.54) is 5.56 Å². The van der Waals surface area contributed by atoms with Gasteiger partial charge in [0.25, 0.3) is 0 Å². The molecule has 3 heteroatoms. The minimum absolute atomic E-state index is 0.00385. The molecule has 0 radical (unpaired) electrons. The molecule has 0 aliphatic heterocycles. The van der Waals surface area contributed by atoms with Crippen molar-refractivity contribution in [1.29, 1.82) is 0 Å². The first-order valence-corrected chi connectivity index (χ1v) is 7.16. The first-order valence-electron chi connectivity index (χ1n) is 7.16. The zero-order valence-electron chi connectivity index (χ0n) is 12.6. The molecule has 0 heterocycles. The molecule has 0 saturated carbocycles. The van der Waals surface area contributed by atoms with E-state index < -0.39 is 0 Å². The lowest BCUT2D eigenvalue weighted by Crippen LogP contribution is -2.24. The highest BCUT2D eigenvalue weighted by molar-refractivity contribution is 5.76. The van der Waals surface area contributed by atoms with Gasteiger partial charge in [0.05, 0.1) is 13.0 Å². The maximum Gasteiger partial charge on any atom is 0.223 e. The summed E-state index contributed by atoms with van der Waals surface area (Å²) in [5.41, 5.74) is 3.41. The third-order valence-electron chi connectivity index (χ3n) is 3.29. The predicted molar refractivity (Wildman–Crippen MR) is 84.3 cm³/mol. The molecule has 110 valence electrons. The first-order chi connectivity index (χ1) is 10.1. The Hall–Kier alpha value is -2.29. The van der Waals surface area contributed by atoms with Crippen molar-refractivity contribution in [2.24, 2.45) is 0 Å². The summed E-state index contributed by atoms with van der Waals surface area (Å²) in [4.78, 5) is 11.8. The Balaban J connectivity index is 1.70. The van der Waals surface area contributed by atoms with Crippen LogP contribution in [0, 0.1) is 13.8 Å². The number of benzene rings is 2. The molecule has 1 amide bonds. The van der Waals surface area contributed by atoms with Gasteiger partial charge in [-0.1, -0.05) is 48.0 Å². The summed E-state index contributed by atoms with van der Waals surface area (Å²) in [5.74, 6) is 0.841. The van der Waals surface area contributed by atoms with Gasteiger partial charge in [-0.3, -0.25) is 4.79 Å². The molecule has 0 bridgehead atoms. The molecule has 2 aromatic rings. The van der Waals surface area contributed by atoms with E-state index in [0.29, 0.717) is 19.6 Å². The summed E-state index contributed by atoms with van der Waals surface area (Å²) < 4.78 is 5.61. The number of rotatable bonds is 6. The number of para-hydroxylation sites is 1. The minimum Gasteiger partial charge on any atom is -0.493 e. The fraction of sp³-hybridized carbons (Fsp3) is 0.278. The lowest BCUT2D eigenvalue weighted by molar-refractivity contribution is -0.121. The average Bonchev–Trinajstić information content (AvgIpc) is 2.49. The Labute approximate surface area is 126 Å². The number of aryl methyl sites for hydroxylation is 2. The lowest BCUT2D eigenvalue weighted by Gasteiger charge is -2.09. The molecule has 0 aromatic heterocycles.